The van der Waals surface area contributed by atoms with E-state index in [9.17, 15) is 10.1 Å². The van der Waals surface area contributed by atoms with E-state index < -0.39 is 5.60 Å². The first-order valence-corrected chi connectivity index (χ1v) is 9.63. The summed E-state index contributed by atoms with van der Waals surface area (Å²) in [5, 5.41) is 12.3. The van der Waals surface area contributed by atoms with Gasteiger partial charge in [-0.15, -0.1) is 0 Å². The molecule has 5 heteroatoms. The maximum atomic E-state index is 12.8. The maximum Gasteiger partial charge on any atom is 0.256 e. The van der Waals surface area contributed by atoms with Crippen molar-refractivity contribution in [3.8, 4) is 11.8 Å². The summed E-state index contributed by atoms with van der Waals surface area (Å²) in [6.07, 6.45) is 5.41. The summed E-state index contributed by atoms with van der Waals surface area (Å²) in [4.78, 5) is 12.8. The van der Waals surface area contributed by atoms with E-state index in [1.54, 1.807) is 18.2 Å². The second-order valence-corrected chi connectivity index (χ2v) is 6.66. The maximum absolute atomic E-state index is 12.8. The van der Waals surface area contributed by atoms with Crippen LogP contribution < -0.4 is 10.1 Å². The van der Waals surface area contributed by atoms with Gasteiger partial charge < -0.3 is 14.8 Å². The highest BCUT2D eigenvalue weighted by Crippen LogP contribution is 2.25. The molecule has 0 aromatic heterocycles. The summed E-state index contributed by atoms with van der Waals surface area (Å²) in [5.41, 5.74) is 0.135. The molecule has 1 atom stereocenters. The molecule has 0 bridgehead atoms. The third-order valence-electron chi connectivity index (χ3n) is 4.23. The molecule has 0 aliphatic rings. The molecule has 1 amide bonds. The molecule has 1 aromatic carbocycles. The number of carbonyl (C=O) groups excluding carboxylic acids is 1. The summed E-state index contributed by atoms with van der Waals surface area (Å²) >= 11 is 0. The zero-order valence-corrected chi connectivity index (χ0v) is 16.6. The van der Waals surface area contributed by atoms with Crippen LogP contribution >= 0.6 is 0 Å². The molecule has 1 aromatic rings. The Bertz CT molecular complexity index is 600. The number of hydrogen-bond donors (Lipinski definition) is 1. The molecule has 1 rings (SSSR count). The number of hydrogen-bond acceptors (Lipinski definition) is 4. The summed E-state index contributed by atoms with van der Waals surface area (Å²) in [7, 11) is 0. The molecule has 0 radical (unpaired) electrons. The summed E-state index contributed by atoms with van der Waals surface area (Å²) < 4.78 is 11.5. The Morgan fingerprint density at radius 1 is 1.15 bits per heavy atom. The molecule has 0 aliphatic heterocycles. The lowest BCUT2D eigenvalue weighted by Gasteiger charge is -2.28. The van der Waals surface area contributed by atoms with Gasteiger partial charge >= 0.3 is 0 Å². The molecule has 1 unspecified atom stereocenters. The number of benzene rings is 1. The van der Waals surface area contributed by atoms with E-state index in [0.717, 1.165) is 32.1 Å². The fourth-order valence-electron chi connectivity index (χ4n) is 2.50. The Hall–Kier alpha value is -2.06. The molecule has 0 saturated carbocycles. The van der Waals surface area contributed by atoms with Gasteiger partial charge in [-0.1, -0.05) is 40.0 Å². The average Bonchev–Trinajstić information content (AvgIpc) is 2.65. The number of nitrogens with one attached hydrogen (secondary N) is 1. The van der Waals surface area contributed by atoms with E-state index in [1.807, 2.05) is 13.8 Å². The third-order valence-corrected chi connectivity index (χ3v) is 4.23. The molecule has 5 nitrogen and oxygen atoms in total. The summed E-state index contributed by atoms with van der Waals surface area (Å²) in [5.74, 6) is 0.373. The lowest BCUT2D eigenvalue weighted by molar-refractivity contribution is -0.140. The number of anilines is 1. The van der Waals surface area contributed by atoms with E-state index in [1.165, 1.54) is 0 Å². The highest BCUT2D eigenvalue weighted by Gasteiger charge is 2.33. The summed E-state index contributed by atoms with van der Waals surface area (Å²) in [6, 6.07) is 7.29. The first kappa shape index (κ1) is 22.0. The molecule has 0 fully saturated rings. The van der Waals surface area contributed by atoms with Gasteiger partial charge in [0.25, 0.3) is 5.91 Å². The Labute approximate surface area is 157 Å². The van der Waals surface area contributed by atoms with Crippen molar-refractivity contribution in [1.82, 2.24) is 0 Å². The Morgan fingerprint density at radius 3 is 2.50 bits per heavy atom. The van der Waals surface area contributed by atoms with Gasteiger partial charge in [-0.25, -0.2) is 0 Å². The fourth-order valence-corrected chi connectivity index (χ4v) is 2.50. The molecule has 144 valence electrons. The first-order chi connectivity index (χ1) is 12.5. The normalized spacial score (nSPS) is 12.9. The number of carbonyl (C=O) groups is 1. The van der Waals surface area contributed by atoms with Gasteiger partial charge in [0.15, 0.2) is 0 Å². The Balaban J connectivity index is 2.87. The molecule has 26 heavy (non-hydrogen) atoms. The van der Waals surface area contributed by atoms with E-state index in [0.29, 0.717) is 36.6 Å². The minimum atomic E-state index is -0.866. The van der Waals surface area contributed by atoms with Gasteiger partial charge in [-0.05, 0) is 44.4 Å². The molecule has 0 spiro atoms. The van der Waals surface area contributed by atoms with Crippen LogP contribution in [0.25, 0.3) is 0 Å². The van der Waals surface area contributed by atoms with Crippen molar-refractivity contribution in [2.45, 2.75) is 71.8 Å². The fraction of sp³-hybridized carbons (Fsp3) is 0.619. The van der Waals surface area contributed by atoms with Crippen molar-refractivity contribution in [1.29, 1.82) is 5.26 Å². The SMILES string of the molecule is CCCCOc1ccc(NC(=O)C(C)(CCCC)OCCC)cc1C#N. The monoisotopic (exact) mass is 360 g/mol. The molecular weight excluding hydrogens is 328 g/mol. The van der Waals surface area contributed by atoms with E-state index in [4.69, 9.17) is 9.47 Å². The molecule has 1 N–H and O–H groups in total. The number of amides is 1. The molecule has 0 saturated heterocycles. The van der Waals surface area contributed by atoms with Crippen molar-refractivity contribution in [3.05, 3.63) is 23.8 Å². The van der Waals surface area contributed by atoms with Crippen LogP contribution in [0.1, 0.15) is 71.8 Å². The smallest absolute Gasteiger partial charge is 0.256 e. The molecule has 0 heterocycles. The van der Waals surface area contributed by atoms with Crippen LogP contribution in [0.15, 0.2) is 18.2 Å². The highest BCUT2D eigenvalue weighted by molar-refractivity contribution is 5.97. The second-order valence-electron chi connectivity index (χ2n) is 6.66. The molecule has 0 aliphatic carbocycles. The van der Waals surface area contributed by atoms with Gasteiger partial charge in [-0.3, -0.25) is 4.79 Å². The zero-order valence-electron chi connectivity index (χ0n) is 16.6. The molecular formula is C21H32N2O3. The van der Waals surface area contributed by atoms with Crippen LogP contribution in [-0.4, -0.2) is 24.7 Å². The average molecular weight is 360 g/mol. The van der Waals surface area contributed by atoms with Crippen LogP contribution in [0.2, 0.25) is 0 Å². The quantitative estimate of drug-likeness (QED) is 0.529. The minimum absolute atomic E-state index is 0.178. The Morgan fingerprint density at radius 2 is 1.88 bits per heavy atom. The van der Waals surface area contributed by atoms with Crippen LogP contribution in [0.5, 0.6) is 5.75 Å². The van der Waals surface area contributed by atoms with Crippen molar-refractivity contribution in [3.63, 3.8) is 0 Å². The summed E-state index contributed by atoms with van der Waals surface area (Å²) in [6.45, 7) is 9.16. The van der Waals surface area contributed by atoms with E-state index >= 15 is 0 Å². The minimum Gasteiger partial charge on any atom is -0.492 e. The first-order valence-electron chi connectivity index (χ1n) is 9.63. The highest BCUT2D eigenvalue weighted by atomic mass is 16.5. The third kappa shape index (κ3) is 6.68. The standard InChI is InChI=1S/C21H32N2O3/c1-5-8-12-21(4,26-13-7-3)20(24)23-18-10-11-19(17(15-18)16-22)25-14-9-6-2/h10-11,15H,5-9,12-14H2,1-4H3,(H,23,24). The topological polar surface area (TPSA) is 71.3 Å². The predicted molar refractivity (Wildman–Crippen MR) is 104 cm³/mol. The predicted octanol–water partition coefficient (Wildman–Crippen LogP) is 5.05. The Kier molecular flexibility index (Phi) is 9.75. The van der Waals surface area contributed by atoms with Gasteiger partial charge in [0.2, 0.25) is 0 Å². The van der Waals surface area contributed by atoms with Gasteiger partial charge in [0.1, 0.15) is 17.4 Å². The van der Waals surface area contributed by atoms with Crippen LogP contribution in [-0.2, 0) is 9.53 Å². The lowest BCUT2D eigenvalue weighted by atomic mass is 9.97. The second kappa shape index (κ2) is 11.5. The van der Waals surface area contributed by atoms with Gasteiger partial charge in [-0.2, -0.15) is 5.26 Å². The van der Waals surface area contributed by atoms with E-state index in [-0.39, 0.29) is 5.91 Å². The number of nitrogens with zero attached hydrogens (tertiary/aromatic N) is 1. The van der Waals surface area contributed by atoms with Gasteiger partial charge in [0, 0.05) is 12.3 Å². The van der Waals surface area contributed by atoms with Crippen LogP contribution in [0.4, 0.5) is 5.69 Å². The zero-order chi connectivity index (χ0) is 19.4. The van der Waals surface area contributed by atoms with Crippen molar-refractivity contribution in [2.24, 2.45) is 0 Å². The van der Waals surface area contributed by atoms with Crippen molar-refractivity contribution in [2.75, 3.05) is 18.5 Å². The van der Waals surface area contributed by atoms with Crippen molar-refractivity contribution >= 4 is 11.6 Å². The van der Waals surface area contributed by atoms with Crippen LogP contribution in [0.3, 0.4) is 0 Å². The van der Waals surface area contributed by atoms with Crippen molar-refractivity contribution < 1.29 is 14.3 Å². The number of rotatable bonds is 12. The largest absolute Gasteiger partial charge is 0.492 e. The number of ether oxygens (including phenoxy) is 2. The number of unbranched alkanes of at least 4 members (excludes halogenated alkanes) is 2. The van der Waals surface area contributed by atoms with Crippen LogP contribution in [0, 0.1) is 11.3 Å². The number of nitriles is 1. The lowest BCUT2D eigenvalue weighted by Crippen LogP contribution is -2.43. The van der Waals surface area contributed by atoms with E-state index in [2.05, 4.69) is 25.2 Å². The van der Waals surface area contributed by atoms with Gasteiger partial charge in [0.05, 0.1) is 12.2 Å².